The number of allylic oxidation sites excluding steroid dienone is 1. The second-order valence-electron chi connectivity index (χ2n) is 3.20. The van der Waals surface area contributed by atoms with Crippen LogP contribution in [-0.2, 0) is 21.0 Å². The van der Waals surface area contributed by atoms with E-state index in [0.717, 1.165) is 5.56 Å². The molecule has 5 nitrogen and oxygen atoms in total. The Morgan fingerprint density at radius 1 is 1.28 bits per heavy atom. The summed E-state index contributed by atoms with van der Waals surface area (Å²) >= 11 is 0. The van der Waals surface area contributed by atoms with Crippen LogP contribution in [0, 0.1) is 0 Å². The minimum atomic E-state index is -4.40. The SMILES string of the molecule is C=CCc1ccccc1OCCOS(=O)(=O)O.[NaH]. The van der Waals surface area contributed by atoms with Crippen molar-refractivity contribution in [2.24, 2.45) is 0 Å². The molecule has 96 valence electrons. The first-order valence-corrected chi connectivity index (χ1v) is 6.33. The first-order valence-electron chi connectivity index (χ1n) is 4.96. The van der Waals surface area contributed by atoms with Gasteiger partial charge in [0.25, 0.3) is 0 Å². The topological polar surface area (TPSA) is 72.8 Å². The van der Waals surface area contributed by atoms with Crippen LogP contribution in [0.5, 0.6) is 5.75 Å². The Hall–Kier alpha value is -0.370. The average molecular weight is 282 g/mol. The van der Waals surface area contributed by atoms with Gasteiger partial charge in [0, 0.05) is 0 Å². The van der Waals surface area contributed by atoms with E-state index in [-0.39, 0.29) is 42.8 Å². The standard InChI is InChI=1S/C11H14O5S.Na.H/c1-2-5-10-6-3-4-7-11(10)15-8-9-16-17(12,13)14;;/h2-4,6-7H,1,5,8-9H2,(H,12,13,14);;. The van der Waals surface area contributed by atoms with Crippen molar-refractivity contribution in [1.82, 2.24) is 0 Å². The molecule has 1 N–H and O–H groups in total. The van der Waals surface area contributed by atoms with E-state index in [0.29, 0.717) is 12.2 Å². The summed E-state index contributed by atoms with van der Waals surface area (Å²) in [5.74, 6) is 0.645. The van der Waals surface area contributed by atoms with Crippen LogP contribution in [-0.4, -0.2) is 55.7 Å². The van der Waals surface area contributed by atoms with Crippen LogP contribution in [0.4, 0.5) is 0 Å². The summed E-state index contributed by atoms with van der Waals surface area (Å²) in [6.07, 6.45) is 2.41. The van der Waals surface area contributed by atoms with Crippen molar-refractivity contribution >= 4 is 40.0 Å². The van der Waals surface area contributed by atoms with Gasteiger partial charge in [-0.25, -0.2) is 4.18 Å². The third-order valence-electron chi connectivity index (χ3n) is 1.91. The molecule has 0 saturated carbocycles. The van der Waals surface area contributed by atoms with Crippen molar-refractivity contribution in [2.45, 2.75) is 6.42 Å². The molecule has 0 bridgehead atoms. The number of rotatable bonds is 7. The van der Waals surface area contributed by atoms with Crippen LogP contribution in [0.2, 0.25) is 0 Å². The van der Waals surface area contributed by atoms with Crippen molar-refractivity contribution in [3.05, 3.63) is 42.5 Å². The zero-order chi connectivity index (χ0) is 12.7. The number of hydrogen-bond donors (Lipinski definition) is 1. The van der Waals surface area contributed by atoms with Gasteiger partial charge in [0.15, 0.2) is 0 Å². The predicted octanol–water partition coefficient (Wildman–Crippen LogP) is 0.965. The van der Waals surface area contributed by atoms with Gasteiger partial charge in [0.05, 0.1) is 0 Å². The van der Waals surface area contributed by atoms with Gasteiger partial charge in [-0.2, -0.15) is 8.42 Å². The van der Waals surface area contributed by atoms with Gasteiger partial charge in [-0.15, -0.1) is 6.58 Å². The molecule has 0 amide bonds. The molecule has 0 spiro atoms. The second-order valence-corrected chi connectivity index (χ2v) is 4.29. The van der Waals surface area contributed by atoms with Gasteiger partial charge in [-0.05, 0) is 18.1 Å². The number of hydrogen-bond acceptors (Lipinski definition) is 4. The van der Waals surface area contributed by atoms with E-state index in [1.807, 2.05) is 18.2 Å². The van der Waals surface area contributed by atoms with Gasteiger partial charge in [-0.1, -0.05) is 24.3 Å². The molecule has 0 saturated heterocycles. The fraction of sp³-hybridized carbons (Fsp3) is 0.273. The number of ether oxygens (including phenoxy) is 1. The van der Waals surface area contributed by atoms with Crippen LogP contribution in [0.1, 0.15) is 5.56 Å². The van der Waals surface area contributed by atoms with Gasteiger partial charge in [0.2, 0.25) is 0 Å². The Morgan fingerprint density at radius 3 is 2.56 bits per heavy atom. The zero-order valence-corrected chi connectivity index (χ0v) is 10.0. The molecule has 1 rings (SSSR count). The molecule has 0 atom stereocenters. The third kappa shape index (κ3) is 7.15. The quantitative estimate of drug-likeness (QED) is 0.349. The van der Waals surface area contributed by atoms with Crippen molar-refractivity contribution < 1.29 is 21.9 Å². The van der Waals surface area contributed by atoms with E-state index in [1.165, 1.54) is 0 Å². The van der Waals surface area contributed by atoms with E-state index in [4.69, 9.17) is 9.29 Å². The maximum atomic E-state index is 10.3. The predicted molar refractivity (Wildman–Crippen MR) is 70.5 cm³/mol. The molecule has 0 aromatic heterocycles. The van der Waals surface area contributed by atoms with Crippen LogP contribution in [0.15, 0.2) is 36.9 Å². The molecule has 1 aromatic rings. The number of para-hydroxylation sites is 1. The summed E-state index contributed by atoms with van der Waals surface area (Å²) < 4.78 is 38.4. The molecule has 1 aromatic carbocycles. The van der Waals surface area contributed by atoms with E-state index in [1.54, 1.807) is 12.1 Å². The summed E-state index contributed by atoms with van der Waals surface area (Å²) in [4.78, 5) is 0. The molecule has 0 fully saturated rings. The van der Waals surface area contributed by atoms with Crippen LogP contribution in [0.3, 0.4) is 0 Å². The maximum absolute atomic E-state index is 10.3. The Balaban J connectivity index is 0.00000289. The average Bonchev–Trinajstić information content (AvgIpc) is 2.25. The normalized spacial score (nSPS) is 10.5. The molecule has 0 aliphatic rings. The van der Waals surface area contributed by atoms with Crippen molar-refractivity contribution in [3.63, 3.8) is 0 Å². The van der Waals surface area contributed by atoms with Crippen molar-refractivity contribution in [1.29, 1.82) is 0 Å². The fourth-order valence-electron chi connectivity index (χ4n) is 1.26. The van der Waals surface area contributed by atoms with Crippen LogP contribution >= 0.6 is 0 Å². The summed E-state index contributed by atoms with van der Waals surface area (Å²) in [6.45, 7) is 3.43. The van der Waals surface area contributed by atoms with Gasteiger partial charge < -0.3 is 4.74 Å². The molecular weight excluding hydrogens is 267 g/mol. The Bertz CT molecular complexity index is 472. The van der Waals surface area contributed by atoms with Gasteiger partial charge >= 0.3 is 40.0 Å². The molecule has 0 unspecified atom stereocenters. The summed E-state index contributed by atoms with van der Waals surface area (Å²) in [7, 11) is -4.40. The molecular formula is C11H15NaO5S. The van der Waals surface area contributed by atoms with E-state index in [2.05, 4.69) is 10.8 Å². The van der Waals surface area contributed by atoms with Gasteiger partial charge in [-0.3, -0.25) is 4.55 Å². The minimum absolute atomic E-state index is 0. The fourth-order valence-corrected chi connectivity index (χ4v) is 1.54. The molecule has 0 aliphatic carbocycles. The monoisotopic (exact) mass is 282 g/mol. The molecule has 7 heteroatoms. The third-order valence-corrected chi connectivity index (χ3v) is 2.37. The first kappa shape index (κ1) is 17.6. The second kappa shape index (κ2) is 8.68. The molecule has 0 radical (unpaired) electrons. The Kier molecular flexibility index (Phi) is 8.51. The summed E-state index contributed by atoms with van der Waals surface area (Å²) in [6, 6.07) is 7.35. The van der Waals surface area contributed by atoms with E-state index >= 15 is 0 Å². The van der Waals surface area contributed by atoms with Gasteiger partial charge in [0.1, 0.15) is 19.0 Å². The molecule has 0 aliphatic heterocycles. The Morgan fingerprint density at radius 2 is 1.94 bits per heavy atom. The van der Waals surface area contributed by atoms with E-state index < -0.39 is 10.4 Å². The van der Waals surface area contributed by atoms with E-state index in [9.17, 15) is 8.42 Å². The first-order chi connectivity index (χ1) is 8.03. The van der Waals surface area contributed by atoms with Crippen LogP contribution in [0.25, 0.3) is 0 Å². The summed E-state index contributed by atoms with van der Waals surface area (Å²) in [5.41, 5.74) is 0.953. The summed E-state index contributed by atoms with van der Waals surface area (Å²) in [5, 5.41) is 0. The molecule has 18 heavy (non-hydrogen) atoms. The molecule has 0 heterocycles. The zero-order valence-electron chi connectivity index (χ0n) is 9.20. The Labute approximate surface area is 129 Å². The van der Waals surface area contributed by atoms with Crippen molar-refractivity contribution in [3.8, 4) is 5.75 Å². The number of benzene rings is 1. The van der Waals surface area contributed by atoms with Crippen LogP contribution < -0.4 is 4.74 Å². The van der Waals surface area contributed by atoms with Crippen molar-refractivity contribution in [2.75, 3.05) is 13.2 Å².